The Morgan fingerprint density at radius 2 is 1.79 bits per heavy atom. The van der Waals surface area contributed by atoms with Crippen molar-refractivity contribution >= 4 is 5.97 Å². The minimum Gasteiger partial charge on any atom is -0.496 e. The minimum absolute atomic E-state index is 0.285. The number of carbonyl (C=O) groups is 1. The SMILES string of the molecule is CCC.CCc1c2c(cc(-c3ccc(F)c(F)c3)c1OC)-c1cc(=O)c(C(=O)O)cn1CC2. The molecule has 174 valence electrons. The van der Waals surface area contributed by atoms with E-state index >= 15 is 0 Å². The number of carboxylic acids is 1. The van der Waals surface area contributed by atoms with E-state index in [-0.39, 0.29) is 5.56 Å². The molecule has 0 fully saturated rings. The van der Waals surface area contributed by atoms with Crippen molar-refractivity contribution in [2.75, 3.05) is 7.11 Å². The van der Waals surface area contributed by atoms with Gasteiger partial charge in [0.2, 0.25) is 0 Å². The van der Waals surface area contributed by atoms with Gasteiger partial charge in [0.15, 0.2) is 17.1 Å². The zero-order valence-corrected chi connectivity index (χ0v) is 19.2. The van der Waals surface area contributed by atoms with Gasteiger partial charge in [0.1, 0.15) is 11.3 Å². The number of rotatable bonds is 4. The predicted molar refractivity (Wildman–Crippen MR) is 124 cm³/mol. The zero-order valence-electron chi connectivity index (χ0n) is 19.2. The lowest BCUT2D eigenvalue weighted by atomic mass is 9.86. The molecule has 2 heterocycles. The number of carboxylic acid groups (broad SMARTS) is 1. The van der Waals surface area contributed by atoms with Crippen LogP contribution >= 0.6 is 0 Å². The first-order chi connectivity index (χ1) is 15.8. The van der Waals surface area contributed by atoms with Crippen molar-refractivity contribution in [2.45, 2.75) is 46.6 Å². The third-order valence-corrected chi connectivity index (χ3v) is 5.52. The standard InChI is InChI=1S/C23H19F2NO4.C3H8/c1-3-13-14-6-7-26-11-17(23(28)29)21(27)10-20(26)16(14)9-15(22(13)30-2)12-4-5-18(24)19(25)8-12;1-3-2/h4-5,8-11H,3,6-7H2,1-2H3,(H,28,29);3H2,1-2H3. The van der Waals surface area contributed by atoms with Crippen LogP contribution in [0.5, 0.6) is 5.75 Å². The van der Waals surface area contributed by atoms with Crippen molar-refractivity contribution in [3.05, 3.63) is 75.1 Å². The molecule has 0 radical (unpaired) electrons. The first kappa shape index (κ1) is 24.2. The number of pyridine rings is 1. The normalized spacial score (nSPS) is 11.7. The van der Waals surface area contributed by atoms with E-state index in [0.717, 1.165) is 28.8 Å². The fourth-order valence-corrected chi connectivity index (χ4v) is 4.14. The number of nitrogens with zero attached hydrogens (tertiary/aromatic N) is 1. The Kier molecular flexibility index (Phi) is 7.31. The maximum atomic E-state index is 13.9. The summed E-state index contributed by atoms with van der Waals surface area (Å²) >= 11 is 0. The third kappa shape index (κ3) is 4.53. The van der Waals surface area contributed by atoms with E-state index in [1.54, 1.807) is 10.6 Å². The molecule has 0 saturated carbocycles. The lowest BCUT2D eigenvalue weighted by molar-refractivity contribution is 0.0694. The molecule has 0 atom stereocenters. The second-order valence-corrected chi connectivity index (χ2v) is 7.84. The van der Waals surface area contributed by atoms with Crippen molar-refractivity contribution in [1.82, 2.24) is 4.57 Å². The average molecular weight is 456 g/mol. The highest BCUT2D eigenvalue weighted by Crippen LogP contribution is 2.43. The first-order valence-electron chi connectivity index (χ1n) is 10.9. The Labute approximate surface area is 191 Å². The Hall–Kier alpha value is -3.48. The topological polar surface area (TPSA) is 68.5 Å². The van der Waals surface area contributed by atoms with Gasteiger partial charge in [0.05, 0.1) is 12.8 Å². The maximum Gasteiger partial charge on any atom is 0.341 e. The molecule has 5 nitrogen and oxygen atoms in total. The number of hydrogen-bond donors (Lipinski definition) is 1. The molecular weight excluding hydrogens is 428 g/mol. The van der Waals surface area contributed by atoms with Crippen LogP contribution in [0.4, 0.5) is 8.78 Å². The number of benzene rings is 2. The van der Waals surface area contributed by atoms with Gasteiger partial charge in [-0.25, -0.2) is 13.6 Å². The van der Waals surface area contributed by atoms with Crippen LogP contribution in [0.1, 0.15) is 48.7 Å². The molecule has 0 aliphatic carbocycles. The Bertz CT molecular complexity index is 1260. The smallest absolute Gasteiger partial charge is 0.341 e. The van der Waals surface area contributed by atoms with Gasteiger partial charge in [-0.15, -0.1) is 0 Å². The minimum atomic E-state index is -1.27. The highest BCUT2D eigenvalue weighted by atomic mass is 19.2. The molecule has 3 aromatic rings. The number of aryl methyl sites for hydroxylation is 1. The Morgan fingerprint density at radius 1 is 1.09 bits per heavy atom. The summed E-state index contributed by atoms with van der Waals surface area (Å²) in [4.78, 5) is 23.7. The van der Waals surface area contributed by atoms with Crippen LogP contribution in [0.2, 0.25) is 0 Å². The van der Waals surface area contributed by atoms with Gasteiger partial charge in [0, 0.05) is 29.9 Å². The molecule has 0 spiro atoms. The molecule has 1 N–H and O–H groups in total. The number of halogens is 2. The van der Waals surface area contributed by atoms with Gasteiger partial charge in [-0.2, -0.15) is 0 Å². The number of aromatic nitrogens is 1. The summed E-state index contributed by atoms with van der Waals surface area (Å²) in [5.41, 5.74) is 3.44. The van der Waals surface area contributed by atoms with Crippen LogP contribution in [0, 0.1) is 11.6 Å². The van der Waals surface area contributed by atoms with Crippen LogP contribution in [0.3, 0.4) is 0 Å². The lowest BCUT2D eigenvalue weighted by Gasteiger charge is -2.27. The van der Waals surface area contributed by atoms with E-state index in [9.17, 15) is 23.5 Å². The van der Waals surface area contributed by atoms with E-state index in [2.05, 4.69) is 13.8 Å². The highest BCUT2D eigenvalue weighted by molar-refractivity contribution is 5.88. The van der Waals surface area contributed by atoms with E-state index in [1.807, 2.05) is 6.92 Å². The molecule has 0 amide bonds. The van der Waals surface area contributed by atoms with Crippen molar-refractivity contribution in [2.24, 2.45) is 0 Å². The summed E-state index contributed by atoms with van der Waals surface area (Å²) in [6.07, 6.45) is 3.87. The first-order valence-corrected chi connectivity index (χ1v) is 10.9. The van der Waals surface area contributed by atoms with Crippen molar-refractivity contribution in [3.63, 3.8) is 0 Å². The highest BCUT2D eigenvalue weighted by Gasteiger charge is 2.25. The van der Waals surface area contributed by atoms with Crippen LogP contribution < -0.4 is 10.2 Å². The summed E-state index contributed by atoms with van der Waals surface area (Å²) in [5.74, 6) is -2.59. The van der Waals surface area contributed by atoms with Gasteiger partial charge in [-0.3, -0.25) is 4.79 Å². The summed E-state index contributed by atoms with van der Waals surface area (Å²) in [7, 11) is 1.53. The fourth-order valence-electron chi connectivity index (χ4n) is 4.14. The number of hydrogen-bond acceptors (Lipinski definition) is 3. The molecule has 1 aliphatic rings. The molecule has 4 rings (SSSR count). The van der Waals surface area contributed by atoms with Gasteiger partial charge in [0.25, 0.3) is 0 Å². The van der Waals surface area contributed by atoms with Crippen molar-refractivity contribution < 1.29 is 23.4 Å². The van der Waals surface area contributed by atoms with Gasteiger partial charge in [-0.05, 0) is 47.7 Å². The van der Waals surface area contributed by atoms with E-state index in [1.165, 1.54) is 31.9 Å². The largest absolute Gasteiger partial charge is 0.496 e. The quantitative estimate of drug-likeness (QED) is 0.548. The van der Waals surface area contributed by atoms with Crippen LogP contribution in [0.15, 0.2) is 41.3 Å². The van der Waals surface area contributed by atoms with Gasteiger partial charge < -0.3 is 14.4 Å². The summed E-state index contributed by atoms with van der Waals surface area (Å²) in [6.45, 7) is 6.74. The summed E-state index contributed by atoms with van der Waals surface area (Å²) in [5, 5.41) is 9.26. The van der Waals surface area contributed by atoms with Crippen LogP contribution in [-0.4, -0.2) is 22.8 Å². The van der Waals surface area contributed by atoms with E-state index < -0.39 is 23.0 Å². The number of methoxy groups -OCH3 is 1. The van der Waals surface area contributed by atoms with Gasteiger partial charge >= 0.3 is 5.97 Å². The van der Waals surface area contributed by atoms with E-state index in [4.69, 9.17) is 4.74 Å². The Morgan fingerprint density at radius 3 is 2.36 bits per heavy atom. The number of ether oxygens (including phenoxy) is 1. The Balaban J connectivity index is 0.000000968. The molecule has 2 aromatic carbocycles. The van der Waals surface area contributed by atoms with Crippen molar-refractivity contribution in [1.29, 1.82) is 0 Å². The number of aromatic carboxylic acids is 1. The fraction of sp³-hybridized carbons (Fsp3) is 0.308. The molecule has 1 aliphatic heterocycles. The maximum absolute atomic E-state index is 13.9. The number of fused-ring (bicyclic) bond motifs is 3. The molecule has 33 heavy (non-hydrogen) atoms. The molecule has 0 bridgehead atoms. The second-order valence-electron chi connectivity index (χ2n) is 7.84. The monoisotopic (exact) mass is 455 g/mol. The predicted octanol–water partition coefficient (Wildman–Crippen LogP) is 5.70. The van der Waals surface area contributed by atoms with Crippen LogP contribution in [0.25, 0.3) is 22.4 Å². The van der Waals surface area contributed by atoms with E-state index in [0.29, 0.717) is 42.0 Å². The second kappa shape index (κ2) is 9.98. The summed E-state index contributed by atoms with van der Waals surface area (Å²) in [6, 6.07) is 6.77. The summed E-state index contributed by atoms with van der Waals surface area (Å²) < 4.78 is 34.8. The molecular formula is C26H27F2NO4. The van der Waals surface area contributed by atoms with Gasteiger partial charge in [-0.1, -0.05) is 33.3 Å². The lowest BCUT2D eigenvalue weighted by Crippen LogP contribution is -2.22. The molecule has 7 heteroatoms. The average Bonchev–Trinajstić information content (AvgIpc) is 2.79. The molecule has 1 aromatic heterocycles. The van der Waals surface area contributed by atoms with Crippen LogP contribution in [-0.2, 0) is 19.4 Å². The van der Waals surface area contributed by atoms with Crippen molar-refractivity contribution in [3.8, 4) is 28.1 Å². The third-order valence-electron chi connectivity index (χ3n) is 5.52. The molecule has 0 unspecified atom stereocenters. The zero-order chi connectivity index (χ0) is 24.3. The molecule has 0 saturated heterocycles.